The summed E-state index contributed by atoms with van der Waals surface area (Å²) in [5, 5.41) is 4.33. The molecule has 7 nitrogen and oxygen atoms in total. The molecule has 0 aliphatic carbocycles. The summed E-state index contributed by atoms with van der Waals surface area (Å²) < 4.78 is 6.10. The van der Waals surface area contributed by atoms with Gasteiger partial charge in [0.1, 0.15) is 5.58 Å². The van der Waals surface area contributed by atoms with Gasteiger partial charge in [-0.1, -0.05) is 84.9 Å². The number of hydrogen-bond acceptors (Lipinski definition) is 7. The van der Waals surface area contributed by atoms with Gasteiger partial charge < -0.3 is 9.32 Å². The smallest absolute Gasteiger partial charge is 0.227 e. The molecule has 0 saturated carbocycles. The molecule has 11 rings (SSSR count). The average Bonchev–Trinajstić information content (AvgIpc) is 3.64. The van der Waals surface area contributed by atoms with E-state index in [4.69, 9.17) is 19.4 Å². The van der Waals surface area contributed by atoms with Gasteiger partial charge in [-0.2, -0.15) is 0 Å². The van der Waals surface area contributed by atoms with Gasteiger partial charge in [0, 0.05) is 44.5 Å². The van der Waals surface area contributed by atoms with Gasteiger partial charge in [0.25, 0.3) is 0 Å². The minimum atomic E-state index is 0.646. The van der Waals surface area contributed by atoms with Crippen LogP contribution in [0.15, 0.2) is 187 Å². The molecule has 0 radical (unpaired) electrons. The fraction of sp³-hybridized carbons (Fsp3) is 0. The first-order valence-electron chi connectivity index (χ1n) is 18.5. The van der Waals surface area contributed by atoms with Crippen LogP contribution < -0.4 is 4.90 Å². The maximum atomic E-state index is 6.10. The van der Waals surface area contributed by atoms with E-state index in [1.807, 2.05) is 79.1 Å². The number of fused-ring (bicyclic) bond motifs is 6. The van der Waals surface area contributed by atoms with Crippen LogP contribution in [0.25, 0.3) is 88.7 Å². The van der Waals surface area contributed by atoms with Crippen molar-refractivity contribution in [3.63, 3.8) is 0 Å². The summed E-state index contributed by atoms with van der Waals surface area (Å²) in [6.07, 6.45) is 3.68. The molecule has 0 aliphatic rings. The number of rotatable bonds is 6. The highest BCUT2D eigenvalue weighted by atomic mass is 16.3. The zero-order valence-corrected chi connectivity index (χ0v) is 29.9. The Hall–Kier alpha value is -7.77. The van der Waals surface area contributed by atoms with Crippen LogP contribution >= 0.6 is 0 Å². The van der Waals surface area contributed by atoms with E-state index in [1.54, 1.807) is 0 Å². The zero-order chi connectivity index (χ0) is 37.0. The number of hydrogen-bond donors (Lipinski definition) is 0. The third kappa shape index (κ3) is 5.58. The van der Waals surface area contributed by atoms with Crippen LogP contribution in [0.5, 0.6) is 0 Å². The minimum absolute atomic E-state index is 0.646. The van der Waals surface area contributed by atoms with E-state index in [1.165, 1.54) is 0 Å². The molecule has 0 N–H and O–H groups in total. The Labute approximate surface area is 321 Å². The van der Waals surface area contributed by atoms with Crippen molar-refractivity contribution in [2.45, 2.75) is 0 Å². The molecule has 4 heterocycles. The summed E-state index contributed by atoms with van der Waals surface area (Å²) in [5.74, 6) is 0. The molecule has 0 saturated heterocycles. The summed E-state index contributed by atoms with van der Waals surface area (Å²) >= 11 is 0. The van der Waals surface area contributed by atoms with Crippen molar-refractivity contribution in [2.75, 3.05) is 4.90 Å². The van der Waals surface area contributed by atoms with Crippen LogP contribution in [-0.2, 0) is 0 Å². The van der Waals surface area contributed by atoms with Crippen LogP contribution in [0.4, 0.5) is 17.1 Å². The summed E-state index contributed by atoms with van der Waals surface area (Å²) in [4.78, 5) is 26.2. The Morgan fingerprint density at radius 1 is 0.375 bits per heavy atom. The number of aromatic nitrogens is 5. The zero-order valence-electron chi connectivity index (χ0n) is 29.9. The normalized spacial score (nSPS) is 11.6. The lowest BCUT2D eigenvalue weighted by molar-refractivity contribution is 0.654. The van der Waals surface area contributed by atoms with Gasteiger partial charge in [0.15, 0.2) is 0 Å². The van der Waals surface area contributed by atoms with Gasteiger partial charge in [0.05, 0.1) is 51.5 Å². The second-order valence-corrected chi connectivity index (χ2v) is 13.8. The van der Waals surface area contributed by atoms with Gasteiger partial charge in [-0.25, -0.2) is 15.0 Å². The second-order valence-electron chi connectivity index (χ2n) is 13.8. The molecule has 0 fully saturated rings. The lowest BCUT2D eigenvalue weighted by atomic mass is 10.0. The summed E-state index contributed by atoms with van der Waals surface area (Å²) in [7, 11) is 0. The lowest BCUT2D eigenvalue weighted by Gasteiger charge is -2.26. The molecule has 4 aromatic heterocycles. The highest BCUT2D eigenvalue weighted by molar-refractivity contribution is 6.04. The third-order valence-corrected chi connectivity index (χ3v) is 10.4. The van der Waals surface area contributed by atoms with Crippen LogP contribution in [-0.4, -0.2) is 24.9 Å². The molecule has 0 spiro atoms. The fourth-order valence-corrected chi connectivity index (χ4v) is 7.50. The first kappa shape index (κ1) is 31.7. The molecule has 11 aromatic rings. The van der Waals surface area contributed by atoms with Crippen molar-refractivity contribution >= 4 is 72.0 Å². The van der Waals surface area contributed by atoms with E-state index in [0.29, 0.717) is 5.71 Å². The predicted molar refractivity (Wildman–Crippen MR) is 226 cm³/mol. The summed E-state index contributed by atoms with van der Waals surface area (Å²) in [5.41, 5.74) is 13.6. The predicted octanol–water partition coefficient (Wildman–Crippen LogP) is 12.5. The first-order chi connectivity index (χ1) is 27.7. The second kappa shape index (κ2) is 13.0. The molecule has 7 heteroatoms. The number of para-hydroxylation sites is 5. The van der Waals surface area contributed by atoms with Gasteiger partial charge in [0.2, 0.25) is 5.71 Å². The van der Waals surface area contributed by atoms with Crippen molar-refractivity contribution in [1.29, 1.82) is 0 Å². The van der Waals surface area contributed by atoms with E-state index < -0.39 is 0 Å². The number of anilines is 3. The third-order valence-electron chi connectivity index (χ3n) is 10.4. The Balaban J connectivity index is 0.969. The molecule has 0 amide bonds. The number of benzene rings is 7. The van der Waals surface area contributed by atoms with E-state index in [2.05, 4.69) is 118 Å². The van der Waals surface area contributed by atoms with Crippen LogP contribution in [0.3, 0.4) is 0 Å². The molecule has 56 heavy (non-hydrogen) atoms. The molecular formula is C49H30N6O. The molecular weight excluding hydrogens is 689 g/mol. The number of nitrogens with zero attached hydrogens (tertiary/aromatic N) is 6. The quantitative estimate of drug-likeness (QED) is 0.169. The number of pyridine rings is 1. The Kier molecular flexibility index (Phi) is 7.35. The van der Waals surface area contributed by atoms with Crippen LogP contribution in [0, 0.1) is 0 Å². The highest BCUT2D eigenvalue weighted by Crippen LogP contribution is 2.39. The standard InChI is InChI=1S/C49H30N6O/c1-6-12-48-39(7-1)40-25-26-41(54-49(40)56-48)35-14-13-34-28-38(24-19-33(34)27-35)55(36-20-15-31(16-21-36)46-29-50-42-8-2-4-10-44(42)52-46)37-22-17-32(18-23-37)47-30-51-43-9-3-5-11-45(43)53-47/h1-30H. The Bertz CT molecular complexity index is 3140. The van der Waals surface area contributed by atoms with E-state index in [-0.39, 0.29) is 0 Å². The minimum Gasteiger partial charge on any atom is -0.438 e. The maximum Gasteiger partial charge on any atom is 0.227 e. The molecule has 0 atom stereocenters. The lowest BCUT2D eigenvalue weighted by Crippen LogP contribution is -2.10. The van der Waals surface area contributed by atoms with Gasteiger partial charge in [-0.3, -0.25) is 9.97 Å². The monoisotopic (exact) mass is 718 g/mol. The SMILES string of the molecule is c1ccc2nc(-c3ccc(N(c4ccc(-c5cnc6ccccc6n5)cc4)c4ccc5cc(-c6ccc7c(n6)oc6ccccc67)ccc5c4)cc3)cnc2c1. The van der Waals surface area contributed by atoms with Crippen molar-refractivity contribution < 1.29 is 4.42 Å². The van der Waals surface area contributed by atoms with Gasteiger partial charge >= 0.3 is 0 Å². The molecule has 7 aromatic carbocycles. The molecule has 262 valence electrons. The van der Waals surface area contributed by atoms with E-state index in [0.717, 1.165) is 100 Å². The average molecular weight is 719 g/mol. The van der Waals surface area contributed by atoms with Crippen molar-refractivity contribution in [1.82, 2.24) is 24.9 Å². The van der Waals surface area contributed by atoms with Gasteiger partial charge in [-0.15, -0.1) is 0 Å². The largest absolute Gasteiger partial charge is 0.438 e. The van der Waals surface area contributed by atoms with Crippen LogP contribution in [0.2, 0.25) is 0 Å². The van der Waals surface area contributed by atoms with E-state index in [9.17, 15) is 0 Å². The molecule has 0 bridgehead atoms. The first-order valence-corrected chi connectivity index (χ1v) is 18.5. The fourth-order valence-electron chi connectivity index (χ4n) is 7.50. The topological polar surface area (TPSA) is 80.8 Å². The molecule has 0 unspecified atom stereocenters. The van der Waals surface area contributed by atoms with Gasteiger partial charge in [-0.05, 0) is 95.7 Å². The van der Waals surface area contributed by atoms with Crippen molar-refractivity contribution in [2.24, 2.45) is 0 Å². The summed E-state index contributed by atoms with van der Waals surface area (Å²) in [6, 6.07) is 58.2. The maximum absolute atomic E-state index is 6.10. The number of furan rings is 1. The summed E-state index contributed by atoms with van der Waals surface area (Å²) in [6.45, 7) is 0. The van der Waals surface area contributed by atoms with Crippen molar-refractivity contribution in [3.05, 3.63) is 182 Å². The highest BCUT2D eigenvalue weighted by Gasteiger charge is 2.16. The van der Waals surface area contributed by atoms with Crippen LogP contribution in [0.1, 0.15) is 0 Å². The van der Waals surface area contributed by atoms with E-state index >= 15 is 0 Å². The Morgan fingerprint density at radius 3 is 1.57 bits per heavy atom. The Morgan fingerprint density at radius 2 is 0.911 bits per heavy atom. The molecule has 0 aliphatic heterocycles. The van der Waals surface area contributed by atoms with Crippen molar-refractivity contribution in [3.8, 4) is 33.8 Å².